The van der Waals surface area contributed by atoms with E-state index < -0.39 is 22.9 Å². The molecule has 0 aliphatic carbocycles. The number of carbonyl (C=O) groups excluding carboxylic acids is 2. The van der Waals surface area contributed by atoms with E-state index in [1.54, 1.807) is 6.08 Å². The largest absolute Gasteiger partial charge is 0.416 e. The number of amides is 2. The third kappa shape index (κ3) is 4.51. The van der Waals surface area contributed by atoms with Gasteiger partial charge < -0.3 is 5.32 Å². The maximum absolute atomic E-state index is 12.8. The number of anilines is 1. The van der Waals surface area contributed by atoms with Crippen LogP contribution in [0.3, 0.4) is 0 Å². The Labute approximate surface area is 158 Å². The Morgan fingerprint density at radius 1 is 1.11 bits per heavy atom. The maximum Gasteiger partial charge on any atom is 0.416 e. The number of hydrogen-bond donors (Lipinski definition) is 1. The summed E-state index contributed by atoms with van der Waals surface area (Å²) in [6, 6.07) is 12.1. The topological polar surface area (TPSA) is 49.4 Å². The van der Waals surface area contributed by atoms with Crippen molar-refractivity contribution in [2.24, 2.45) is 0 Å². The van der Waals surface area contributed by atoms with Crippen LogP contribution in [0.2, 0.25) is 0 Å². The first-order valence-electron chi connectivity index (χ1n) is 7.97. The van der Waals surface area contributed by atoms with Crippen LogP contribution in [0.4, 0.5) is 23.7 Å². The molecule has 1 saturated heterocycles. The van der Waals surface area contributed by atoms with Crippen LogP contribution in [0.15, 0.2) is 53.4 Å². The molecule has 4 nitrogen and oxygen atoms in total. The number of nitrogens with zero attached hydrogens (tertiary/aromatic N) is 1. The lowest BCUT2D eigenvalue weighted by Gasteiger charge is -2.15. The lowest BCUT2D eigenvalue weighted by atomic mass is 10.1. The summed E-state index contributed by atoms with van der Waals surface area (Å²) in [5.41, 5.74) is 1.23. The normalized spacial score (nSPS) is 16.3. The van der Waals surface area contributed by atoms with Crippen LogP contribution in [0.5, 0.6) is 0 Å². The van der Waals surface area contributed by atoms with Gasteiger partial charge in [-0.25, -0.2) is 0 Å². The Balaban J connectivity index is 1.70. The van der Waals surface area contributed by atoms with Gasteiger partial charge in [0, 0.05) is 5.69 Å². The van der Waals surface area contributed by atoms with Gasteiger partial charge in [0.15, 0.2) is 0 Å². The number of hydrogen-bond acceptors (Lipinski definition) is 4. The molecule has 2 aromatic carbocycles. The molecule has 1 N–H and O–H groups in total. The molecule has 1 fully saturated rings. The summed E-state index contributed by atoms with van der Waals surface area (Å²) in [5.74, 6) is -0.481. The van der Waals surface area contributed by atoms with E-state index in [2.05, 4.69) is 5.32 Å². The van der Waals surface area contributed by atoms with Crippen molar-refractivity contribution in [2.45, 2.75) is 13.1 Å². The minimum absolute atomic E-state index is 0.173. The first-order chi connectivity index (χ1) is 12.7. The number of aryl methyl sites for hydroxylation is 1. The van der Waals surface area contributed by atoms with Crippen molar-refractivity contribution in [3.63, 3.8) is 0 Å². The van der Waals surface area contributed by atoms with Crippen molar-refractivity contribution >= 4 is 34.7 Å². The van der Waals surface area contributed by atoms with Crippen molar-refractivity contribution in [1.29, 1.82) is 0 Å². The summed E-state index contributed by atoms with van der Waals surface area (Å²) < 4.78 is 38.3. The van der Waals surface area contributed by atoms with Gasteiger partial charge >= 0.3 is 6.18 Å². The number of rotatable bonds is 4. The van der Waals surface area contributed by atoms with E-state index in [9.17, 15) is 22.8 Å². The highest BCUT2D eigenvalue weighted by Gasteiger charge is 2.35. The van der Waals surface area contributed by atoms with Crippen molar-refractivity contribution in [2.75, 3.05) is 12.0 Å². The van der Waals surface area contributed by atoms with E-state index in [0.29, 0.717) is 0 Å². The number of thioether (sulfide) groups is 1. The molecule has 0 unspecified atom stereocenters. The number of halogens is 3. The van der Waals surface area contributed by atoms with Gasteiger partial charge in [0.2, 0.25) is 0 Å². The zero-order valence-electron chi connectivity index (χ0n) is 14.2. The summed E-state index contributed by atoms with van der Waals surface area (Å²) in [4.78, 5) is 25.8. The zero-order chi connectivity index (χ0) is 19.6. The average Bonchev–Trinajstić information content (AvgIpc) is 2.88. The first kappa shape index (κ1) is 19.0. The molecule has 1 aliphatic heterocycles. The van der Waals surface area contributed by atoms with E-state index in [1.165, 1.54) is 12.1 Å². The molecule has 140 valence electrons. The van der Waals surface area contributed by atoms with E-state index in [-0.39, 0.29) is 17.3 Å². The summed E-state index contributed by atoms with van der Waals surface area (Å²) in [7, 11) is 0. The fraction of sp³-hybridized carbons (Fsp3) is 0.158. The highest BCUT2D eigenvalue weighted by molar-refractivity contribution is 8.18. The molecule has 0 aromatic heterocycles. The molecule has 1 heterocycles. The molecule has 2 amide bonds. The zero-order valence-corrected chi connectivity index (χ0v) is 15.0. The molecule has 3 rings (SSSR count). The summed E-state index contributed by atoms with van der Waals surface area (Å²) in [6.07, 6.45) is -2.84. The Kier molecular flexibility index (Phi) is 5.27. The number of carbonyl (C=O) groups is 2. The van der Waals surface area contributed by atoms with Crippen LogP contribution in [0.25, 0.3) is 6.08 Å². The summed E-state index contributed by atoms with van der Waals surface area (Å²) in [5, 5.41) is 2.22. The van der Waals surface area contributed by atoms with Gasteiger partial charge in [-0.2, -0.15) is 13.2 Å². The fourth-order valence-electron chi connectivity index (χ4n) is 2.43. The Morgan fingerprint density at radius 3 is 2.48 bits per heavy atom. The predicted molar refractivity (Wildman–Crippen MR) is 98.9 cm³/mol. The highest BCUT2D eigenvalue weighted by atomic mass is 32.2. The third-order valence-electron chi connectivity index (χ3n) is 3.88. The van der Waals surface area contributed by atoms with Gasteiger partial charge in [-0.1, -0.05) is 35.9 Å². The van der Waals surface area contributed by atoms with Gasteiger partial charge in [-0.05, 0) is 48.5 Å². The maximum atomic E-state index is 12.8. The van der Waals surface area contributed by atoms with Crippen molar-refractivity contribution in [3.05, 3.63) is 70.1 Å². The molecule has 8 heteroatoms. The molecule has 1 aliphatic rings. The molecular weight excluding hydrogens is 377 g/mol. The van der Waals surface area contributed by atoms with E-state index >= 15 is 0 Å². The number of imide groups is 1. The lowest BCUT2D eigenvalue weighted by molar-refractivity contribution is -0.137. The van der Waals surface area contributed by atoms with Gasteiger partial charge in [0.1, 0.15) is 0 Å². The van der Waals surface area contributed by atoms with Crippen molar-refractivity contribution < 1.29 is 22.8 Å². The average molecular weight is 392 g/mol. The number of alkyl halides is 3. The standard InChI is InChI=1S/C19H15F3N2O2S/c1-12-5-7-13(8-6-12)9-16-17(25)24(18(26)27-16)11-23-15-4-2-3-14(10-15)19(20,21)22/h2-10,23H,11H2,1H3. The van der Waals surface area contributed by atoms with Gasteiger partial charge in [-0.15, -0.1) is 0 Å². The molecule has 2 aromatic rings. The second-order valence-corrected chi connectivity index (χ2v) is 6.93. The summed E-state index contributed by atoms with van der Waals surface area (Å²) in [6.45, 7) is 1.73. The van der Waals surface area contributed by atoms with Crippen LogP contribution < -0.4 is 5.32 Å². The minimum Gasteiger partial charge on any atom is -0.367 e. The SMILES string of the molecule is Cc1ccc(C=C2SC(=O)N(CNc3cccc(C(F)(F)F)c3)C2=O)cc1. The molecule has 27 heavy (non-hydrogen) atoms. The predicted octanol–water partition coefficient (Wildman–Crippen LogP) is 5.12. The van der Waals surface area contributed by atoms with Crippen LogP contribution in [-0.2, 0) is 11.0 Å². The van der Waals surface area contributed by atoms with Gasteiger partial charge in [0.05, 0.1) is 17.1 Å². The fourth-order valence-corrected chi connectivity index (χ4v) is 3.26. The molecular formula is C19H15F3N2O2S. The van der Waals surface area contributed by atoms with Gasteiger partial charge in [0.25, 0.3) is 11.1 Å². The van der Waals surface area contributed by atoms with Crippen molar-refractivity contribution in [1.82, 2.24) is 4.90 Å². The molecule has 0 atom stereocenters. The monoisotopic (exact) mass is 392 g/mol. The molecule has 0 saturated carbocycles. The van der Waals surface area contributed by atoms with Gasteiger partial charge in [-0.3, -0.25) is 14.5 Å². The van der Waals surface area contributed by atoms with Crippen LogP contribution in [-0.4, -0.2) is 22.7 Å². The second kappa shape index (κ2) is 7.48. The van der Waals surface area contributed by atoms with E-state index in [4.69, 9.17) is 0 Å². The minimum atomic E-state index is -4.46. The number of nitrogens with one attached hydrogen (secondary N) is 1. The van der Waals surface area contributed by atoms with E-state index in [1.807, 2.05) is 31.2 Å². The molecule has 0 radical (unpaired) electrons. The molecule has 0 spiro atoms. The first-order valence-corrected chi connectivity index (χ1v) is 8.79. The Bertz CT molecular complexity index is 908. The summed E-state index contributed by atoms with van der Waals surface area (Å²) >= 11 is 0.802. The van der Waals surface area contributed by atoms with Crippen molar-refractivity contribution in [3.8, 4) is 0 Å². The van der Waals surface area contributed by atoms with Crippen LogP contribution in [0.1, 0.15) is 16.7 Å². The van der Waals surface area contributed by atoms with Crippen LogP contribution >= 0.6 is 11.8 Å². The smallest absolute Gasteiger partial charge is 0.367 e. The van der Waals surface area contributed by atoms with Crippen LogP contribution in [0, 0.1) is 6.92 Å². The molecule has 0 bridgehead atoms. The lowest BCUT2D eigenvalue weighted by Crippen LogP contribution is -2.33. The van der Waals surface area contributed by atoms with E-state index in [0.717, 1.165) is 39.9 Å². The highest BCUT2D eigenvalue weighted by Crippen LogP contribution is 2.33. The Hall–Kier alpha value is -2.74. The quantitative estimate of drug-likeness (QED) is 0.734. The Morgan fingerprint density at radius 2 is 1.81 bits per heavy atom. The third-order valence-corrected chi connectivity index (χ3v) is 4.79. The second-order valence-electron chi connectivity index (χ2n) is 5.93. The number of benzene rings is 2.